The van der Waals surface area contributed by atoms with E-state index in [9.17, 15) is 9.59 Å². The minimum absolute atomic E-state index is 0.0117. The summed E-state index contributed by atoms with van der Waals surface area (Å²) in [4.78, 5) is 29.2. The first-order valence-corrected chi connectivity index (χ1v) is 7.28. The van der Waals surface area contributed by atoms with Gasteiger partial charge < -0.3 is 19.4 Å². The SMILES string of the molecule is CN(C)C(=O)OC1CC(C)(C)N(C(=O)N(C)C)C(C)(C)C1. The van der Waals surface area contributed by atoms with Crippen LogP contribution in [-0.4, -0.2) is 72.2 Å². The summed E-state index contributed by atoms with van der Waals surface area (Å²) in [5.41, 5.74) is -0.749. The van der Waals surface area contributed by atoms with Crippen LogP contribution in [0.2, 0.25) is 0 Å². The number of piperidine rings is 1. The van der Waals surface area contributed by atoms with Crippen LogP contribution in [0.1, 0.15) is 40.5 Å². The van der Waals surface area contributed by atoms with Gasteiger partial charge in [0.1, 0.15) is 6.10 Å². The number of nitrogens with zero attached hydrogens (tertiary/aromatic N) is 3. The van der Waals surface area contributed by atoms with Gasteiger partial charge in [-0.15, -0.1) is 0 Å². The Morgan fingerprint density at radius 2 is 1.38 bits per heavy atom. The maximum atomic E-state index is 12.5. The number of likely N-dealkylation sites (tertiary alicyclic amines) is 1. The van der Waals surface area contributed by atoms with E-state index in [0.29, 0.717) is 12.8 Å². The normalized spacial score (nSPS) is 20.9. The molecule has 6 heteroatoms. The number of ether oxygens (including phenoxy) is 1. The number of urea groups is 1. The lowest BCUT2D eigenvalue weighted by Gasteiger charge is -2.55. The van der Waals surface area contributed by atoms with Gasteiger partial charge in [0.25, 0.3) is 0 Å². The molecule has 3 amide bonds. The van der Waals surface area contributed by atoms with Crippen LogP contribution in [0.4, 0.5) is 9.59 Å². The molecule has 0 bridgehead atoms. The highest BCUT2D eigenvalue weighted by atomic mass is 16.6. The summed E-state index contributed by atoms with van der Waals surface area (Å²) >= 11 is 0. The second-order valence-electron chi connectivity index (χ2n) is 7.45. The van der Waals surface area contributed by atoms with Gasteiger partial charge in [-0.2, -0.15) is 0 Å². The van der Waals surface area contributed by atoms with Crippen molar-refractivity contribution in [3.05, 3.63) is 0 Å². The summed E-state index contributed by atoms with van der Waals surface area (Å²) in [6.07, 6.45) is 0.751. The third-order valence-corrected chi connectivity index (χ3v) is 3.87. The minimum atomic E-state index is -0.375. The Hall–Kier alpha value is -1.46. The van der Waals surface area contributed by atoms with Gasteiger partial charge in [-0.3, -0.25) is 0 Å². The number of carbonyl (C=O) groups excluding carboxylic acids is 2. The largest absolute Gasteiger partial charge is 0.446 e. The molecule has 1 aliphatic rings. The van der Waals surface area contributed by atoms with E-state index >= 15 is 0 Å². The van der Waals surface area contributed by atoms with Gasteiger partial charge in [-0.25, -0.2) is 9.59 Å². The third kappa shape index (κ3) is 3.80. The Kier molecular flexibility index (Phi) is 4.80. The first-order valence-electron chi connectivity index (χ1n) is 7.28. The molecular formula is C15H29N3O3. The first-order chi connectivity index (χ1) is 9.38. The molecule has 0 spiro atoms. The zero-order valence-corrected chi connectivity index (χ0v) is 14.6. The van der Waals surface area contributed by atoms with Crippen LogP contribution in [-0.2, 0) is 4.74 Å². The molecule has 0 aromatic heterocycles. The van der Waals surface area contributed by atoms with E-state index in [2.05, 4.69) is 0 Å². The van der Waals surface area contributed by atoms with E-state index < -0.39 is 0 Å². The van der Waals surface area contributed by atoms with Crippen LogP contribution in [0.15, 0.2) is 0 Å². The lowest BCUT2D eigenvalue weighted by molar-refractivity contribution is -0.0642. The van der Waals surface area contributed by atoms with Crippen LogP contribution in [0.3, 0.4) is 0 Å². The number of carbonyl (C=O) groups is 2. The Balaban J connectivity index is 2.97. The molecule has 0 radical (unpaired) electrons. The van der Waals surface area contributed by atoms with Crippen LogP contribution in [0, 0.1) is 0 Å². The van der Waals surface area contributed by atoms with Gasteiger partial charge in [0, 0.05) is 52.1 Å². The third-order valence-electron chi connectivity index (χ3n) is 3.87. The van der Waals surface area contributed by atoms with Crippen molar-refractivity contribution in [2.75, 3.05) is 28.2 Å². The number of rotatable bonds is 1. The van der Waals surface area contributed by atoms with Crippen LogP contribution < -0.4 is 0 Å². The fourth-order valence-electron chi connectivity index (χ4n) is 3.24. The maximum absolute atomic E-state index is 12.5. The van der Waals surface area contributed by atoms with Crippen molar-refractivity contribution in [3.63, 3.8) is 0 Å². The molecule has 1 heterocycles. The fraction of sp³-hybridized carbons (Fsp3) is 0.867. The average molecular weight is 299 g/mol. The number of amides is 3. The zero-order chi connectivity index (χ0) is 16.6. The molecule has 0 aliphatic carbocycles. The van der Waals surface area contributed by atoms with E-state index in [0.717, 1.165) is 0 Å². The molecule has 1 saturated heterocycles. The lowest BCUT2D eigenvalue weighted by Crippen LogP contribution is -2.66. The Morgan fingerprint density at radius 1 is 0.952 bits per heavy atom. The molecular weight excluding hydrogens is 270 g/mol. The highest BCUT2D eigenvalue weighted by Crippen LogP contribution is 2.40. The van der Waals surface area contributed by atoms with Gasteiger partial charge in [0.15, 0.2) is 0 Å². The highest BCUT2D eigenvalue weighted by Gasteiger charge is 2.49. The summed E-state index contributed by atoms with van der Waals surface area (Å²) < 4.78 is 5.55. The van der Waals surface area contributed by atoms with E-state index in [1.54, 1.807) is 33.1 Å². The second-order valence-corrected chi connectivity index (χ2v) is 7.45. The predicted molar refractivity (Wildman–Crippen MR) is 82.3 cm³/mol. The summed E-state index contributed by atoms with van der Waals surface area (Å²) in [5, 5.41) is 0. The summed E-state index contributed by atoms with van der Waals surface area (Å²) in [7, 11) is 6.85. The molecule has 6 nitrogen and oxygen atoms in total. The Morgan fingerprint density at radius 3 is 1.71 bits per heavy atom. The molecule has 0 aromatic rings. The molecule has 1 fully saturated rings. The molecule has 21 heavy (non-hydrogen) atoms. The quantitative estimate of drug-likeness (QED) is 0.747. The maximum Gasteiger partial charge on any atom is 0.409 e. The van der Waals surface area contributed by atoms with Gasteiger partial charge in [-0.1, -0.05) is 0 Å². The van der Waals surface area contributed by atoms with Gasteiger partial charge in [-0.05, 0) is 27.7 Å². The van der Waals surface area contributed by atoms with Crippen LogP contribution in [0.25, 0.3) is 0 Å². The fourth-order valence-corrected chi connectivity index (χ4v) is 3.24. The minimum Gasteiger partial charge on any atom is -0.446 e. The predicted octanol–water partition coefficient (Wildman–Crippen LogP) is 2.39. The average Bonchev–Trinajstić information content (AvgIpc) is 2.24. The van der Waals surface area contributed by atoms with E-state index in [1.807, 2.05) is 32.6 Å². The Labute approximate surface area is 128 Å². The smallest absolute Gasteiger partial charge is 0.409 e. The summed E-state index contributed by atoms with van der Waals surface area (Å²) in [5.74, 6) is 0. The van der Waals surface area contributed by atoms with E-state index in [1.165, 1.54) is 4.90 Å². The van der Waals surface area contributed by atoms with Crippen molar-refractivity contribution in [2.24, 2.45) is 0 Å². The topological polar surface area (TPSA) is 53.1 Å². The van der Waals surface area contributed by atoms with E-state index in [-0.39, 0.29) is 29.3 Å². The summed E-state index contributed by atoms with van der Waals surface area (Å²) in [6, 6.07) is -0.0117. The standard InChI is InChI=1S/C15H29N3O3/c1-14(2)9-11(21-13(20)17(7)8)10-15(3,4)18(14)12(19)16(5)6/h11H,9-10H2,1-8H3. The molecule has 0 unspecified atom stereocenters. The molecule has 1 aliphatic heterocycles. The summed E-state index contributed by atoms with van der Waals surface area (Å²) in [6.45, 7) is 8.08. The van der Waals surface area contributed by atoms with Crippen molar-refractivity contribution in [3.8, 4) is 0 Å². The van der Waals surface area contributed by atoms with Crippen molar-refractivity contribution >= 4 is 12.1 Å². The molecule has 0 atom stereocenters. The van der Waals surface area contributed by atoms with Crippen molar-refractivity contribution < 1.29 is 14.3 Å². The highest BCUT2D eigenvalue weighted by molar-refractivity contribution is 5.76. The van der Waals surface area contributed by atoms with Crippen molar-refractivity contribution in [1.29, 1.82) is 0 Å². The molecule has 1 rings (SSSR count). The van der Waals surface area contributed by atoms with Gasteiger partial charge >= 0.3 is 12.1 Å². The monoisotopic (exact) mass is 299 g/mol. The van der Waals surface area contributed by atoms with Crippen molar-refractivity contribution in [1.82, 2.24) is 14.7 Å². The zero-order valence-electron chi connectivity index (χ0n) is 14.6. The molecule has 0 N–H and O–H groups in total. The van der Waals surface area contributed by atoms with Crippen LogP contribution >= 0.6 is 0 Å². The number of hydrogen-bond acceptors (Lipinski definition) is 3. The molecule has 0 aromatic carbocycles. The van der Waals surface area contributed by atoms with Gasteiger partial charge in [0.05, 0.1) is 0 Å². The Bertz CT molecular complexity index is 398. The van der Waals surface area contributed by atoms with E-state index in [4.69, 9.17) is 4.74 Å². The van der Waals surface area contributed by atoms with Crippen LogP contribution in [0.5, 0.6) is 0 Å². The number of hydrogen-bond donors (Lipinski definition) is 0. The van der Waals surface area contributed by atoms with Gasteiger partial charge in [0.2, 0.25) is 0 Å². The molecule has 122 valence electrons. The second kappa shape index (κ2) is 5.73. The van der Waals surface area contributed by atoms with Crippen molar-refractivity contribution in [2.45, 2.75) is 57.7 Å². The lowest BCUT2D eigenvalue weighted by atomic mass is 9.78. The molecule has 0 saturated carbocycles. The first kappa shape index (κ1) is 17.6.